The van der Waals surface area contributed by atoms with E-state index >= 15 is 0 Å². The summed E-state index contributed by atoms with van der Waals surface area (Å²) in [6.07, 6.45) is 1.49. The maximum Gasteiger partial charge on any atom is 0.343 e. The van der Waals surface area contributed by atoms with Crippen LogP contribution in [0.3, 0.4) is 0 Å². The van der Waals surface area contributed by atoms with Crippen molar-refractivity contribution in [2.24, 2.45) is 5.10 Å². The number of ether oxygens (including phenoxy) is 2. The van der Waals surface area contributed by atoms with Crippen molar-refractivity contribution in [2.45, 2.75) is 0 Å². The zero-order chi connectivity index (χ0) is 23.9. The number of methoxy groups -OCH3 is 1. The minimum Gasteiger partial charge on any atom is -0.497 e. The molecule has 0 saturated heterocycles. The SMILES string of the molecule is COc1ccc(-c2nnc(N/N=C/c3ccc(OC(=O)c4ccc(F)cc4)cc3)[nH]c2=O)cc1. The topological polar surface area (TPSA) is 119 Å². The Morgan fingerprint density at radius 2 is 1.65 bits per heavy atom. The number of hydrazone groups is 1. The zero-order valence-electron chi connectivity index (χ0n) is 17.9. The lowest BCUT2D eigenvalue weighted by Crippen LogP contribution is -2.15. The molecule has 0 amide bonds. The molecule has 0 aliphatic carbocycles. The van der Waals surface area contributed by atoms with Crippen molar-refractivity contribution in [3.63, 3.8) is 0 Å². The third-order valence-electron chi connectivity index (χ3n) is 4.62. The van der Waals surface area contributed by atoms with E-state index < -0.39 is 17.3 Å². The van der Waals surface area contributed by atoms with Crippen molar-refractivity contribution in [3.8, 4) is 22.8 Å². The van der Waals surface area contributed by atoms with Crippen LogP contribution >= 0.6 is 0 Å². The number of hydrogen-bond donors (Lipinski definition) is 2. The highest BCUT2D eigenvalue weighted by molar-refractivity contribution is 5.91. The Hall–Kier alpha value is -4.86. The number of carbonyl (C=O) groups excluding carboxylic acids is 1. The number of esters is 1. The monoisotopic (exact) mass is 459 g/mol. The minimum atomic E-state index is -0.594. The molecular formula is C24H18FN5O4. The van der Waals surface area contributed by atoms with Gasteiger partial charge < -0.3 is 9.47 Å². The quantitative estimate of drug-likeness (QED) is 0.187. The number of aromatic nitrogens is 3. The van der Waals surface area contributed by atoms with E-state index in [1.54, 1.807) is 55.6 Å². The summed E-state index contributed by atoms with van der Waals surface area (Å²) < 4.78 is 23.3. The molecule has 4 aromatic rings. The Kier molecular flexibility index (Phi) is 6.68. The lowest BCUT2D eigenvalue weighted by atomic mass is 10.1. The summed E-state index contributed by atoms with van der Waals surface area (Å²) in [7, 11) is 1.56. The number of aromatic amines is 1. The van der Waals surface area contributed by atoms with E-state index in [1.165, 1.54) is 30.5 Å². The molecular weight excluding hydrogens is 441 g/mol. The standard InChI is InChI=1S/C24H18FN5O4/c1-33-19-12-6-16(7-13-19)21-22(31)27-24(30-28-21)29-26-14-15-2-10-20(11-3-15)34-23(32)17-4-8-18(25)9-5-17/h2-14H,1H3,(H2,27,29,30,31)/b26-14+. The van der Waals surface area contributed by atoms with Gasteiger partial charge in [0.2, 0.25) is 5.95 Å². The average Bonchev–Trinajstić information content (AvgIpc) is 2.86. The molecule has 2 N–H and O–H groups in total. The molecule has 0 aliphatic rings. The van der Waals surface area contributed by atoms with E-state index in [9.17, 15) is 14.0 Å². The number of nitrogens with one attached hydrogen (secondary N) is 2. The summed E-state index contributed by atoms with van der Waals surface area (Å²) in [4.78, 5) is 27.0. The van der Waals surface area contributed by atoms with E-state index in [1.807, 2.05) is 0 Å². The highest BCUT2D eigenvalue weighted by Crippen LogP contribution is 2.18. The number of benzene rings is 3. The molecule has 0 fully saturated rings. The Balaban J connectivity index is 1.35. The molecule has 0 unspecified atom stereocenters. The molecule has 0 bridgehead atoms. The van der Waals surface area contributed by atoms with Crippen LogP contribution in [0.2, 0.25) is 0 Å². The predicted octanol–water partition coefficient (Wildman–Crippen LogP) is 3.64. The second-order valence-electron chi connectivity index (χ2n) is 6.92. The number of halogens is 1. The number of carbonyl (C=O) groups is 1. The van der Waals surface area contributed by atoms with E-state index in [0.717, 1.165) is 0 Å². The second-order valence-corrected chi connectivity index (χ2v) is 6.92. The maximum atomic E-state index is 13.0. The summed E-state index contributed by atoms with van der Waals surface area (Å²) >= 11 is 0. The van der Waals surface area contributed by atoms with Crippen molar-refractivity contribution in [2.75, 3.05) is 12.5 Å². The van der Waals surface area contributed by atoms with Gasteiger partial charge in [-0.3, -0.25) is 9.78 Å². The van der Waals surface area contributed by atoms with Gasteiger partial charge in [0, 0.05) is 5.56 Å². The van der Waals surface area contributed by atoms with Crippen LogP contribution in [0, 0.1) is 5.82 Å². The van der Waals surface area contributed by atoms with E-state index in [2.05, 4.69) is 25.7 Å². The lowest BCUT2D eigenvalue weighted by Gasteiger charge is -2.05. The van der Waals surface area contributed by atoms with Crippen molar-refractivity contribution in [1.82, 2.24) is 15.2 Å². The average molecular weight is 459 g/mol. The Morgan fingerprint density at radius 1 is 0.971 bits per heavy atom. The Bertz CT molecular complexity index is 1370. The van der Waals surface area contributed by atoms with Crippen molar-refractivity contribution >= 4 is 18.1 Å². The molecule has 0 aliphatic heterocycles. The first kappa shape index (κ1) is 22.3. The van der Waals surface area contributed by atoms with Crippen LogP contribution in [0.4, 0.5) is 10.3 Å². The number of rotatable bonds is 7. The fraction of sp³-hybridized carbons (Fsp3) is 0.0417. The predicted molar refractivity (Wildman–Crippen MR) is 124 cm³/mol. The van der Waals surface area contributed by atoms with Gasteiger partial charge in [-0.1, -0.05) is 0 Å². The van der Waals surface area contributed by atoms with Crippen LogP contribution in [-0.2, 0) is 0 Å². The molecule has 10 heteroatoms. The number of H-pyrrole nitrogens is 1. The van der Waals surface area contributed by atoms with Gasteiger partial charge in [-0.05, 0) is 78.4 Å². The van der Waals surface area contributed by atoms with Crippen molar-refractivity contribution in [3.05, 3.63) is 100 Å². The van der Waals surface area contributed by atoms with Crippen molar-refractivity contribution in [1.29, 1.82) is 0 Å². The largest absolute Gasteiger partial charge is 0.497 e. The Labute approximate surface area is 192 Å². The van der Waals surface area contributed by atoms with Crippen molar-refractivity contribution < 1.29 is 18.7 Å². The number of nitrogens with zero attached hydrogens (tertiary/aromatic N) is 3. The van der Waals surface area contributed by atoms with Crippen LogP contribution in [0.5, 0.6) is 11.5 Å². The minimum absolute atomic E-state index is 0.0726. The van der Waals surface area contributed by atoms with Crippen LogP contribution < -0.4 is 20.5 Å². The van der Waals surface area contributed by atoms with Gasteiger partial charge in [-0.15, -0.1) is 10.2 Å². The molecule has 0 spiro atoms. The molecule has 170 valence electrons. The van der Waals surface area contributed by atoms with Gasteiger partial charge in [-0.25, -0.2) is 14.6 Å². The zero-order valence-corrected chi connectivity index (χ0v) is 17.9. The van der Waals surface area contributed by atoms with E-state index in [0.29, 0.717) is 22.6 Å². The van der Waals surface area contributed by atoms with E-state index in [4.69, 9.17) is 9.47 Å². The summed E-state index contributed by atoms with van der Waals surface area (Å²) in [6.45, 7) is 0. The molecule has 1 heterocycles. The first-order valence-corrected chi connectivity index (χ1v) is 10.00. The molecule has 0 atom stereocenters. The lowest BCUT2D eigenvalue weighted by molar-refractivity contribution is 0.0734. The van der Waals surface area contributed by atoms with Gasteiger partial charge in [0.05, 0.1) is 18.9 Å². The van der Waals surface area contributed by atoms with Gasteiger partial charge in [0.15, 0.2) is 5.69 Å². The molecule has 4 rings (SSSR count). The van der Waals surface area contributed by atoms with Crippen LogP contribution in [-0.4, -0.2) is 34.5 Å². The molecule has 0 saturated carbocycles. The highest BCUT2D eigenvalue weighted by Gasteiger charge is 2.09. The highest BCUT2D eigenvalue weighted by atomic mass is 19.1. The molecule has 3 aromatic carbocycles. The Morgan fingerprint density at radius 3 is 2.29 bits per heavy atom. The fourth-order valence-corrected chi connectivity index (χ4v) is 2.87. The summed E-state index contributed by atoms with van der Waals surface area (Å²) in [5.74, 6) is 0.0349. The van der Waals surface area contributed by atoms with Crippen LogP contribution in [0.25, 0.3) is 11.3 Å². The maximum absolute atomic E-state index is 13.0. The molecule has 34 heavy (non-hydrogen) atoms. The first-order chi connectivity index (χ1) is 16.5. The third-order valence-corrected chi connectivity index (χ3v) is 4.62. The summed E-state index contributed by atoms with van der Waals surface area (Å²) in [5, 5.41) is 11.9. The van der Waals surface area contributed by atoms with E-state index in [-0.39, 0.29) is 17.2 Å². The molecule has 1 aromatic heterocycles. The fourth-order valence-electron chi connectivity index (χ4n) is 2.87. The second kappa shape index (κ2) is 10.2. The van der Waals surface area contributed by atoms with Crippen LogP contribution in [0.1, 0.15) is 15.9 Å². The number of anilines is 1. The number of hydrogen-bond acceptors (Lipinski definition) is 8. The van der Waals surface area contributed by atoms with Gasteiger partial charge >= 0.3 is 5.97 Å². The summed E-state index contributed by atoms with van der Waals surface area (Å²) in [6, 6.07) is 18.5. The normalized spacial score (nSPS) is 10.8. The molecule has 0 radical (unpaired) electrons. The summed E-state index contributed by atoms with van der Waals surface area (Å²) in [5.41, 5.74) is 3.89. The van der Waals surface area contributed by atoms with Gasteiger partial charge in [0.25, 0.3) is 5.56 Å². The smallest absolute Gasteiger partial charge is 0.343 e. The third kappa shape index (κ3) is 5.49. The van der Waals surface area contributed by atoms with Gasteiger partial charge in [0.1, 0.15) is 17.3 Å². The van der Waals surface area contributed by atoms with Gasteiger partial charge in [-0.2, -0.15) is 5.10 Å². The molecule has 9 nitrogen and oxygen atoms in total. The van der Waals surface area contributed by atoms with Crippen LogP contribution in [0.15, 0.2) is 82.7 Å². The first-order valence-electron chi connectivity index (χ1n) is 10.00.